The Kier molecular flexibility index (Phi) is 4.72. The summed E-state index contributed by atoms with van der Waals surface area (Å²) < 4.78 is 28.8. The van der Waals surface area contributed by atoms with E-state index in [-0.39, 0.29) is 11.5 Å². The number of aliphatic hydroxyl groups excluding tert-OH is 1. The van der Waals surface area contributed by atoms with E-state index < -0.39 is 15.6 Å². The van der Waals surface area contributed by atoms with E-state index in [0.717, 1.165) is 12.8 Å². The fourth-order valence-electron chi connectivity index (χ4n) is 2.37. The average molecular weight is 413 g/mol. The highest BCUT2D eigenvalue weighted by Crippen LogP contribution is 2.32. The van der Waals surface area contributed by atoms with Crippen LogP contribution in [-0.2, 0) is 10.0 Å². The quantitative estimate of drug-likeness (QED) is 0.798. The van der Waals surface area contributed by atoms with Crippen molar-refractivity contribution in [3.05, 3.63) is 27.1 Å². The lowest BCUT2D eigenvalue weighted by Crippen LogP contribution is -2.49. The molecule has 0 atom stereocenters. The van der Waals surface area contributed by atoms with E-state index in [2.05, 4.69) is 36.6 Å². The molecule has 0 unspecified atom stereocenters. The minimum absolute atomic E-state index is 0.169. The molecule has 0 amide bonds. The van der Waals surface area contributed by atoms with Crippen molar-refractivity contribution >= 4 is 41.9 Å². The summed E-state index contributed by atoms with van der Waals surface area (Å²) >= 11 is 6.52. The van der Waals surface area contributed by atoms with Crippen molar-refractivity contribution < 1.29 is 13.5 Å². The predicted octanol–water partition coefficient (Wildman–Crippen LogP) is 2.80. The van der Waals surface area contributed by atoms with Crippen LogP contribution >= 0.6 is 31.9 Å². The smallest absolute Gasteiger partial charge is 0.242 e. The van der Waals surface area contributed by atoms with Crippen LogP contribution in [0.15, 0.2) is 32.0 Å². The summed E-state index contributed by atoms with van der Waals surface area (Å²) in [6, 6.07) is 4.99. The summed E-state index contributed by atoms with van der Waals surface area (Å²) in [4.78, 5) is 0.182. The van der Waals surface area contributed by atoms with E-state index in [1.165, 1.54) is 0 Å². The Bertz CT molecular complexity index is 568. The van der Waals surface area contributed by atoms with Gasteiger partial charge in [-0.3, -0.25) is 0 Å². The van der Waals surface area contributed by atoms with Crippen molar-refractivity contribution in [1.82, 2.24) is 4.72 Å². The number of sulfonamides is 1. The Morgan fingerprint density at radius 2 is 1.89 bits per heavy atom. The van der Waals surface area contributed by atoms with E-state index in [1.54, 1.807) is 18.2 Å². The van der Waals surface area contributed by atoms with Gasteiger partial charge in [-0.1, -0.05) is 28.8 Å². The van der Waals surface area contributed by atoms with Gasteiger partial charge in [0.2, 0.25) is 10.0 Å². The van der Waals surface area contributed by atoms with Gasteiger partial charge in [-0.25, -0.2) is 13.1 Å². The van der Waals surface area contributed by atoms with Crippen molar-refractivity contribution in [2.45, 2.75) is 36.1 Å². The molecule has 1 fully saturated rings. The van der Waals surface area contributed by atoms with Gasteiger partial charge >= 0.3 is 0 Å². The van der Waals surface area contributed by atoms with Gasteiger partial charge in [-0.05, 0) is 47.0 Å². The van der Waals surface area contributed by atoms with Gasteiger partial charge in [0.1, 0.15) is 0 Å². The molecule has 0 radical (unpaired) electrons. The Labute approximate surface area is 129 Å². The molecule has 19 heavy (non-hydrogen) atoms. The maximum atomic E-state index is 12.5. The molecule has 1 saturated carbocycles. The fraction of sp³-hybridized carbons (Fsp3) is 0.500. The molecule has 0 saturated heterocycles. The zero-order valence-electron chi connectivity index (χ0n) is 10.2. The molecule has 1 aliphatic carbocycles. The van der Waals surface area contributed by atoms with Crippen molar-refractivity contribution in [3.8, 4) is 0 Å². The van der Waals surface area contributed by atoms with Crippen molar-refractivity contribution in [1.29, 1.82) is 0 Å². The number of hydrogen-bond donors (Lipinski definition) is 2. The van der Waals surface area contributed by atoms with E-state index in [9.17, 15) is 13.5 Å². The van der Waals surface area contributed by atoms with Gasteiger partial charge in [0.15, 0.2) is 0 Å². The minimum atomic E-state index is -3.65. The standard InChI is InChI=1S/C12H15Br2NO3S/c13-9-3-4-10(14)11(7-9)19(17,18)15-12(8-16)5-1-2-6-12/h3-4,7,15-16H,1-2,5-6,8H2. The normalized spacial score (nSPS) is 18.7. The maximum Gasteiger partial charge on any atom is 0.242 e. The van der Waals surface area contributed by atoms with Gasteiger partial charge in [0, 0.05) is 8.95 Å². The molecule has 7 heteroatoms. The van der Waals surface area contributed by atoms with Crippen LogP contribution in [0.2, 0.25) is 0 Å². The number of hydrogen-bond acceptors (Lipinski definition) is 3. The highest BCUT2D eigenvalue weighted by molar-refractivity contribution is 9.11. The van der Waals surface area contributed by atoms with Gasteiger partial charge < -0.3 is 5.11 Å². The van der Waals surface area contributed by atoms with Gasteiger partial charge in [-0.2, -0.15) is 0 Å². The van der Waals surface area contributed by atoms with Gasteiger partial charge in [0.25, 0.3) is 0 Å². The van der Waals surface area contributed by atoms with Crippen LogP contribution in [0, 0.1) is 0 Å². The van der Waals surface area contributed by atoms with Crippen LogP contribution in [0.1, 0.15) is 25.7 Å². The third kappa shape index (κ3) is 3.39. The first-order chi connectivity index (χ1) is 8.88. The second kappa shape index (κ2) is 5.81. The topological polar surface area (TPSA) is 66.4 Å². The first-order valence-corrected chi connectivity index (χ1v) is 9.05. The van der Waals surface area contributed by atoms with E-state index in [4.69, 9.17) is 0 Å². The fourth-order valence-corrected chi connectivity index (χ4v) is 5.32. The average Bonchev–Trinajstić information content (AvgIpc) is 2.80. The minimum Gasteiger partial charge on any atom is -0.394 e. The van der Waals surface area contributed by atoms with E-state index in [0.29, 0.717) is 21.8 Å². The molecule has 1 aromatic carbocycles. The Hall–Kier alpha value is 0.0500. The largest absolute Gasteiger partial charge is 0.394 e. The summed E-state index contributed by atoms with van der Waals surface area (Å²) in [6.45, 7) is -0.169. The molecule has 0 spiro atoms. The summed E-state index contributed by atoms with van der Waals surface area (Å²) in [5.41, 5.74) is -0.708. The van der Waals surface area contributed by atoms with E-state index >= 15 is 0 Å². The second-order valence-corrected chi connectivity index (χ2v) is 8.25. The first-order valence-electron chi connectivity index (χ1n) is 5.98. The third-order valence-corrected chi connectivity index (χ3v) is 6.46. The number of halogens is 2. The zero-order chi connectivity index (χ0) is 14.1. The van der Waals surface area contributed by atoms with Crippen LogP contribution in [0.25, 0.3) is 0 Å². The van der Waals surface area contributed by atoms with Crippen LogP contribution in [0.4, 0.5) is 0 Å². The molecule has 4 nitrogen and oxygen atoms in total. The zero-order valence-corrected chi connectivity index (χ0v) is 14.2. The lowest BCUT2D eigenvalue weighted by molar-refractivity contribution is 0.185. The molecule has 0 heterocycles. The summed E-state index contributed by atoms with van der Waals surface area (Å²) in [5.74, 6) is 0. The molecule has 1 aliphatic rings. The highest BCUT2D eigenvalue weighted by Gasteiger charge is 2.38. The third-order valence-electron chi connectivity index (χ3n) is 3.40. The maximum absolute atomic E-state index is 12.5. The van der Waals surface area contributed by atoms with Gasteiger partial charge in [0.05, 0.1) is 17.0 Å². The molecule has 0 aromatic heterocycles. The van der Waals surface area contributed by atoms with Crippen LogP contribution in [0.5, 0.6) is 0 Å². The summed E-state index contributed by atoms with van der Waals surface area (Å²) in [7, 11) is -3.65. The van der Waals surface area contributed by atoms with Crippen LogP contribution in [0.3, 0.4) is 0 Å². The van der Waals surface area contributed by atoms with E-state index in [1.807, 2.05) is 0 Å². The van der Waals surface area contributed by atoms with Crippen molar-refractivity contribution in [2.24, 2.45) is 0 Å². The van der Waals surface area contributed by atoms with Crippen LogP contribution in [-0.4, -0.2) is 25.7 Å². The predicted molar refractivity (Wildman–Crippen MR) is 80.4 cm³/mol. The van der Waals surface area contributed by atoms with Crippen molar-refractivity contribution in [2.75, 3.05) is 6.61 Å². The number of nitrogens with one attached hydrogen (secondary N) is 1. The monoisotopic (exact) mass is 411 g/mol. The Morgan fingerprint density at radius 3 is 2.47 bits per heavy atom. The molecular weight excluding hydrogens is 398 g/mol. The number of benzene rings is 1. The number of aliphatic hydroxyl groups is 1. The molecule has 1 aromatic rings. The lowest BCUT2D eigenvalue weighted by atomic mass is 10.0. The van der Waals surface area contributed by atoms with Crippen molar-refractivity contribution in [3.63, 3.8) is 0 Å². The molecule has 0 aliphatic heterocycles. The molecule has 2 N–H and O–H groups in total. The van der Waals surface area contributed by atoms with Gasteiger partial charge in [-0.15, -0.1) is 0 Å². The summed E-state index contributed by atoms with van der Waals surface area (Å²) in [5, 5.41) is 9.50. The molecular formula is C12H15Br2NO3S. The summed E-state index contributed by atoms with van der Waals surface area (Å²) in [6.07, 6.45) is 3.22. The Balaban J connectivity index is 2.34. The van der Waals surface area contributed by atoms with Crippen LogP contribution < -0.4 is 4.72 Å². The highest BCUT2D eigenvalue weighted by atomic mass is 79.9. The SMILES string of the molecule is O=S(=O)(NC1(CO)CCCC1)c1cc(Br)ccc1Br. The lowest BCUT2D eigenvalue weighted by Gasteiger charge is -2.27. The molecule has 2 rings (SSSR count). The molecule has 106 valence electrons. The Morgan fingerprint density at radius 1 is 1.26 bits per heavy atom. The first kappa shape index (κ1) is 15.4. The second-order valence-electron chi connectivity index (χ2n) is 4.83. The number of rotatable bonds is 4. The molecule has 0 bridgehead atoms.